The van der Waals surface area contributed by atoms with Crippen molar-refractivity contribution in [1.29, 1.82) is 0 Å². The largest absolute Gasteiger partial charge is 0.478 e. The highest BCUT2D eigenvalue weighted by Crippen LogP contribution is 2.33. The fourth-order valence-corrected chi connectivity index (χ4v) is 2.83. The summed E-state index contributed by atoms with van der Waals surface area (Å²) < 4.78 is 39.5. The molecule has 0 aromatic heterocycles. The molecular weight excluding hydrogens is 325 g/mol. The number of likely N-dealkylation sites (tertiary alicyclic amines) is 1. The van der Waals surface area contributed by atoms with Crippen LogP contribution < -0.4 is 5.32 Å². The van der Waals surface area contributed by atoms with Crippen molar-refractivity contribution in [2.75, 3.05) is 19.6 Å². The lowest BCUT2D eigenvalue weighted by atomic mass is 10.0. The number of carboxylic acid groups (broad SMARTS) is 1. The van der Waals surface area contributed by atoms with Crippen molar-refractivity contribution in [3.8, 4) is 0 Å². The zero-order valence-electron chi connectivity index (χ0n) is 13.2. The van der Waals surface area contributed by atoms with E-state index in [2.05, 4.69) is 10.2 Å². The molecule has 132 valence electrons. The molecular formula is C16H19F3N2O3. The summed E-state index contributed by atoms with van der Waals surface area (Å²) in [5.41, 5.74) is -2.29. The molecule has 8 heteroatoms. The summed E-state index contributed by atoms with van der Waals surface area (Å²) in [6.07, 6.45) is -3.24. The summed E-state index contributed by atoms with van der Waals surface area (Å²) in [4.78, 5) is 25.3. The summed E-state index contributed by atoms with van der Waals surface area (Å²) >= 11 is 0. The second kappa shape index (κ2) is 7.21. The first-order valence-electron chi connectivity index (χ1n) is 7.70. The first-order chi connectivity index (χ1) is 11.2. The maximum atomic E-state index is 13.2. The van der Waals surface area contributed by atoms with E-state index in [0.29, 0.717) is 19.0 Å². The quantitative estimate of drug-likeness (QED) is 0.881. The van der Waals surface area contributed by atoms with Gasteiger partial charge in [-0.2, -0.15) is 13.2 Å². The standard InChI is InChI=1S/C16H19F3N2O3/c1-2-21-7-3-4-11(9-21)20-14(22)12-6-5-10(15(23)24)8-13(12)16(17,18)19/h5-6,8,11H,2-4,7,9H2,1H3,(H,20,22)(H,23,24)/t11-/m1/s1. The minimum atomic E-state index is -4.81. The molecule has 1 atom stereocenters. The molecule has 1 aromatic carbocycles. The summed E-state index contributed by atoms with van der Waals surface area (Å²) in [7, 11) is 0. The molecule has 0 spiro atoms. The Morgan fingerprint density at radius 1 is 1.38 bits per heavy atom. The van der Waals surface area contributed by atoms with E-state index in [1.807, 2.05) is 6.92 Å². The fourth-order valence-electron chi connectivity index (χ4n) is 2.83. The van der Waals surface area contributed by atoms with Crippen LogP contribution in [0.5, 0.6) is 0 Å². The Kier molecular flexibility index (Phi) is 5.48. The Hall–Kier alpha value is -2.09. The first-order valence-corrected chi connectivity index (χ1v) is 7.70. The van der Waals surface area contributed by atoms with Gasteiger partial charge in [0.1, 0.15) is 0 Å². The second-order valence-electron chi connectivity index (χ2n) is 5.77. The molecule has 5 nitrogen and oxygen atoms in total. The third-order valence-electron chi connectivity index (χ3n) is 4.10. The topological polar surface area (TPSA) is 69.6 Å². The van der Waals surface area contributed by atoms with E-state index in [4.69, 9.17) is 5.11 Å². The Morgan fingerprint density at radius 3 is 2.67 bits per heavy atom. The minimum Gasteiger partial charge on any atom is -0.478 e. The van der Waals surface area contributed by atoms with E-state index in [1.165, 1.54) is 0 Å². The number of aromatic carboxylic acids is 1. The van der Waals surface area contributed by atoms with Crippen molar-refractivity contribution in [3.63, 3.8) is 0 Å². The number of hydrogen-bond donors (Lipinski definition) is 2. The fraction of sp³-hybridized carbons (Fsp3) is 0.500. The van der Waals surface area contributed by atoms with Crippen LogP contribution in [0.4, 0.5) is 13.2 Å². The number of benzene rings is 1. The number of nitrogens with one attached hydrogen (secondary N) is 1. The van der Waals surface area contributed by atoms with Crippen LogP contribution in [0.1, 0.15) is 46.0 Å². The zero-order valence-corrected chi connectivity index (χ0v) is 13.2. The number of amides is 1. The monoisotopic (exact) mass is 344 g/mol. The van der Waals surface area contributed by atoms with Gasteiger partial charge in [0.15, 0.2) is 0 Å². The van der Waals surface area contributed by atoms with Gasteiger partial charge in [-0.3, -0.25) is 4.79 Å². The van der Waals surface area contributed by atoms with Crippen molar-refractivity contribution < 1.29 is 27.9 Å². The Bertz CT molecular complexity index is 631. The number of carbonyl (C=O) groups excluding carboxylic acids is 1. The third-order valence-corrected chi connectivity index (χ3v) is 4.10. The molecule has 0 aliphatic carbocycles. The summed E-state index contributed by atoms with van der Waals surface area (Å²) in [6.45, 7) is 4.30. The Balaban J connectivity index is 2.23. The van der Waals surface area contributed by atoms with Crippen molar-refractivity contribution in [3.05, 3.63) is 34.9 Å². The molecule has 1 aliphatic rings. The van der Waals surface area contributed by atoms with Crippen LogP contribution >= 0.6 is 0 Å². The highest BCUT2D eigenvalue weighted by molar-refractivity contribution is 5.97. The number of alkyl halides is 3. The molecule has 0 saturated carbocycles. The van der Waals surface area contributed by atoms with E-state index in [1.54, 1.807) is 0 Å². The van der Waals surface area contributed by atoms with Crippen LogP contribution in [-0.2, 0) is 6.18 Å². The predicted molar refractivity (Wildman–Crippen MR) is 81.0 cm³/mol. The molecule has 2 rings (SSSR count). The number of likely N-dealkylation sites (N-methyl/N-ethyl adjacent to an activating group) is 1. The number of carbonyl (C=O) groups is 2. The van der Waals surface area contributed by atoms with E-state index in [-0.39, 0.29) is 6.04 Å². The van der Waals surface area contributed by atoms with Gasteiger partial charge in [0.2, 0.25) is 0 Å². The molecule has 1 heterocycles. The summed E-state index contributed by atoms with van der Waals surface area (Å²) in [5, 5.41) is 11.5. The average Bonchev–Trinajstić information content (AvgIpc) is 2.53. The van der Waals surface area contributed by atoms with E-state index >= 15 is 0 Å². The third kappa shape index (κ3) is 4.25. The molecule has 2 N–H and O–H groups in total. The molecule has 1 saturated heterocycles. The lowest BCUT2D eigenvalue weighted by molar-refractivity contribution is -0.138. The van der Waals surface area contributed by atoms with Crippen molar-refractivity contribution >= 4 is 11.9 Å². The molecule has 1 aromatic rings. The molecule has 0 unspecified atom stereocenters. The second-order valence-corrected chi connectivity index (χ2v) is 5.77. The van der Waals surface area contributed by atoms with Gasteiger partial charge in [-0.05, 0) is 44.1 Å². The Morgan fingerprint density at radius 2 is 2.08 bits per heavy atom. The Labute approximate surface area is 137 Å². The molecule has 0 radical (unpaired) electrons. The van der Waals surface area contributed by atoms with Gasteiger partial charge in [0.25, 0.3) is 5.91 Å². The summed E-state index contributed by atoms with van der Waals surface area (Å²) in [6, 6.07) is 2.20. The van der Waals surface area contributed by atoms with Crippen molar-refractivity contribution in [1.82, 2.24) is 10.2 Å². The van der Waals surface area contributed by atoms with Crippen LogP contribution in [0, 0.1) is 0 Å². The maximum Gasteiger partial charge on any atom is 0.417 e. The van der Waals surface area contributed by atoms with Gasteiger partial charge in [-0.25, -0.2) is 4.79 Å². The van der Waals surface area contributed by atoms with Gasteiger partial charge >= 0.3 is 12.1 Å². The highest BCUT2D eigenvalue weighted by Gasteiger charge is 2.36. The normalized spacial score (nSPS) is 19.1. The molecule has 1 aliphatic heterocycles. The number of carboxylic acids is 1. The number of rotatable bonds is 4. The van der Waals surface area contributed by atoms with Gasteiger partial charge in [-0.15, -0.1) is 0 Å². The summed E-state index contributed by atoms with van der Waals surface area (Å²) in [5.74, 6) is -2.31. The van der Waals surface area contributed by atoms with E-state index in [0.717, 1.165) is 31.6 Å². The zero-order chi connectivity index (χ0) is 17.9. The number of halogens is 3. The van der Waals surface area contributed by atoms with Crippen LogP contribution in [0.25, 0.3) is 0 Å². The van der Waals surface area contributed by atoms with Crippen LogP contribution in [0.2, 0.25) is 0 Å². The lowest BCUT2D eigenvalue weighted by Crippen LogP contribution is -2.47. The van der Waals surface area contributed by atoms with Crippen molar-refractivity contribution in [2.45, 2.75) is 32.0 Å². The molecule has 24 heavy (non-hydrogen) atoms. The minimum absolute atomic E-state index is 0.216. The van der Waals surface area contributed by atoms with E-state index < -0.39 is 34.7 Å². The lowest BCUT2D eigenvalue weighted by Gasteiger charge is -2.32. The molecule has 0 bridgehead atoms. The number of hydrogen-bond acceptors (Lipinski definition) is 3. The molecule has 1 amide bonds. The average molecular weight is 344 g/mol. The van der Waals surface area contributed by atoms with Gasteiger partial charge < -0.3 is 15.3 Å². The highest BCUT2D eigenvalue weighted by atomic mass is 19.4. The van der Waals surface area contributed by atoms with Crippen LogP contribution in [0.15, 0.2) is 18.2 Å². The van der Waals surface area contributed by atoms with E-state index in [9.17, 15) is 22.8 Å². The SMILES string of the molecule is CCN1CCC[C@@H](NC(=O)c2ccc(C(=O)O)cc2C(F)(F)F)C1. The first kappa shape index (κ1) is 18.3. The van der Waals surface area contributed by atoms with Gasteiger partial charge in [0, 0.05) is 12.6 Å². The predicted octanol–water partition coefficient (Wildman–Crippen LogP) is 2.62. The van der Waals surface area contributed by atoms with Gasteiger partial charge in [-0.1, -0.05) is 6.92 Å². The van der Waals surface area contributed by atoms with Crippen LogP contribution in [-0.4, -0.2) is 47.6 Å². The van der Waals surface area contributed by atoms with Gasteiger partial charge in [0.05, 0.1) is 16.7 Å². The maximum absolute atomic E-state index is 13.2. The van der Waals surface area contributed by atoms with Crippen molar-refractivity contribution in [2.24, 2.45) is 0 Å². The van der Waals surface area contributed by atoms with Crippen LogP contribution in [0.3, 0.4) is 0 Å². The number of nitrogens with zero attached hydrogens (tertiary/aromatic N) is 1. The number of piperidine rings is 1. The molecule has 1 fully saturated rings. The smallest absolute Gasteiger partial charge is 0.417 e.